The second-order valence-electron chi connectivity index (χ2n) is 3.48. The summed E-state index contributed by atoms with van der Waals surface area (Å²) < 4.78 is 5.43. The molecule has 1 amide bonds. The zero-order valence-electron chi connectivity index (χ0n) is 9.49. The second-order valence-corrected chi connectivity index (χ2v) is 3.92. The van der Waals surface area contributed by atoms with Crippen LogP contribution in [0.2, 0.25) is 5.02 Å². The first kappa shape index (κ1) is 13.8. The number of carbonyl (C=O) groups is 1. The fraction of sp³-hybridized carbons (Fsp3) is 0.417. The van der Waals surface area contributed by atoms with E-state index in [9.17, 15) is 4.79 Å². The van der Waals surface area contributed by atoms with E-state index in [-0.39, 0.29) is 12.5 Å². The Morgan fingerprint density at radius 1 is 1.35 bits per heavy atom. The van der Waals surface area contributed by atoms with Crippen LogP contribution in [0.3, 0.4) is 0 Å². The lowest BCUT2D eigenvalue weighted by Gasteiger charge is -2.06. The third kappa shape index (κ3) is 6.14. The molecule has 0 aromatic heterocycles. The van der Waals surface area contributed by atoms with E-state index in [1.165, 1.54) is 0 Å². The molecule has 5 heteroatoms. The maximum atomic E-state index is 11.2. The number of benzene rings is 1. The third-order valence-corrected chi connectivity index (χ3v) is 2.32. The molecule has 0 fully saturated rings. The highest BCUT2D eigenvalue weighted by atomic mass is 35.5. The van der Waals surface area contributed by atoms with Gasteiger partial charge < -0.3 is 15.2 Å². The van der Waals surface area contributed by atoms with Crippen LogP contribution in [-0.4, -0.2) is 30.8 Å². The van der Waals surface area contributed by atoms with Gasteiger partial charge in [0.15, 0.2) is 0 Å². The summed E-state index contributed by atoms with van der Waals surface area (Å²) in [5, 5.41) is 11.8. The van der Waals surface area contributed by atoms with Gasteiger partial charge in [0.1, 0.15) is 5.75 Å². The Kier molecular flexibility index (Phi) is 6.43. The van der Waals surface area contributed by atoms with E-state index in [0.717, 1.165) is 5.75 Å². The van der Waals surface area contributed by atoms with Crippen LogP contribution in [-0.2, 0) is 4.79 Å². The molecule has 0 radical (unpaired) electrons. The van der Waals surface area contributed by atoms with Crippen LogP contribution in [0.5, 0.6) is 5.75 Å². The molecule has 4 nitrogen and oxygen atoms in total. The van der Waals surface area contributed by atoms with Crippen LogP contribution in [0.15, 0.2) is 24.3 Å². The van der Waals surface area contributed by atoms with Gasteiger partial charge in [-0.05, 0) is 30.7 Å². The standard InChI is InChI=1S/C12H16ClNO3/c13-10-3-5-11(6-4-10)17-9-1-2-12(16)14-7-8-15/h3-6,15H,1-2,7-9H2,(H,14,16). The number of nitrogens with one attached hydrogen (secondary N) is 1. The van der Waals surface area contributed by atoms with Crippen LogP contribution >= 0.6 is 11.6 Å². The predicted molar refractivity (Wildman–Crippen MR) is 66.3 cm³/mol. The van der Waals surface area contributed by atoms with Crippen LogP contribution < -0.4 is 10.1 Å². The van der Waals surface area contributed by atoms with Crippen molar-refractivity contribution in [3.05, 3.63) is 29.3 Å². The first-order chi connectivity index (χ1) is 8.22. The Bertz CT molecular complexity index is 340. The maximum Gasteiger partial charge on any atom is 0.220 e. The molecule has 17 heavy (non-hydrogen) atoms. The van der Waals surface area contributed by atoms with Gasteiger partial charge in [-0.1, -0.05) is 11.6 Å². The molecule has 0 spiro atoms. The summed E-state index contributed by atoms with van der Waals surface area (Å²) in [5.74, 6) is 0.670. The Morgan fingerprint density at radius 3 is 2.71 bits per heavy atom. The highest BCUT2D eigenvalue weighted by Crippen LogP contribution is 2.15. The van der Waals surface area contributed by atoms with E-state index in [1.807, 2.05) is 0 Å². The number of amides is 1. The summed E-state index contributed by atoms with van der Waals surface area (Å²) in [4.78, 5) is 11.2. The van der Waals surface area contributed by atoms with E-state index in [2.05, 4.69) is 5.32 Å². The van der Waals surface area contributed by atoms with Gasteiger partial charge in [-0.25, -0.2) is 0 Å². The molecule has 0 aliphatic rings. The summed E-state index contributed by atoms with van der Waals surface area (Å²) >= 11 is 5.73. The summed E-state index contributed by atoms with van der Waals surface area (Å²) in [6.07, 6.45) is 1.04. The number of aliphatic hydroxyl groups excluding tert-OH is 1. The molecule has 1 aromatic rings. The minimum atomic E-state index is -0.0706. The summed E-state index contributed by atoms with van der Waals surface area (Å²) in [6, 6.07) is 7.08. The van der Waals surface area contributed by atoms with Gasteiger partial charge in [0.25, 0.3) is 0 Å². The van der Waals surface area contributed by atoms with Gasteiger partial charge in [0.2, 0.25) is 5.91 Å². The van der Waals surface area contributed by atoms with E-state index in [4.69, 9.17) is 21.4 Å². The first-order valence-corrected chi connectivity index (χ1v) is 5.86. The van der Waals surface area contributed by atoms with Crippen LogP contribution in [0.25, 0.3) is 0 Å². The van der Waals surface area contributed by atoms with Crippen LogP contribution in [0.1, 0.15) is 12.8 Å². The fourth-order valence-electron chi connectivity index (χ4n) is 1.24. The lowest BCUT2D eigenvalue weighted by Crippen LogP contribution is -2.26. The van der Waals surface area contributed by atoms with Gasteiger partial charge in [-0.15, -0.1) is 0 Å². The number of halogens is 1. The molecular formula is C12H16ClNO3. The summed E-state index contributed by atoms with van der Waals surface area (Å²) in [6.45, 7) is 0.748. The Morgan fingerprint density at radius 2 is 2.06 bits per heavy atom. The molecule has 0 aliphatic carbocycles. The minimum absolute atomic E-state index is 0.0347. The maximum absolute atomic E-state index is 11.2. The van der Waals surface area contributed by atoms with Crippen molar-refractivity contribution in [2.75, 3.05) is 19.8 Å². The smallest absolute Gasteiger partial charge is 0.220 e. The predicted octanol–water partition coefficient (Wildman–Crippen LogP) is 1.61. The van der Waals surface area contributed by atoms with Crippen molar-refractivity contribution in [2.45, 2.75) is 12.8 Å². The largest absolute Gasteiger partial charge is 0.494 e. The van der Waals surface area contributed by atoms with Crippen molar-refractivity contribution < 1.29 is 14.6 Å². The number of hydrogen-bond donors (Lipinski definition) is 2. The minimum Gasteiger partial charge on any atom is -0.494 e. The van der Waals surface area contributed by atoms with E-state index in [1.54, 1.807) is 24.3 Å². The molecule has 1 aromatic carbocycles. The van der Waals surface area contributed by atoms with Gasteiger partial charge >= 0.3 is 0 Å². The quantitative estimate of drug-likeness (QED) is 0.730. The topological polar surface area (TPSA) is 58.6 Å². The van der Waals surface area contributed by atoms with Gasteiger partial charge in [-0.2, -0.15) is 0 Å². The average Bonchev–Trinajstić information content (AvgIpc) is 2.34. The molecule has 1 rings (SSSR count). The molecule has 0 saturated heterocycles. The van der Waals surface area contributed by atoms with Gasteiger partial charge in [-0.3, -0.25) is 4.79 Å². The second kappa shape index (κ2) is 7.92. The zero-order valence-corrected chi connectivity index (χ0v) is 10.2. The van der Waals surface area contributed by atoms with Crippen molar-refractivity contribution in [3.63, 3.8) is 0 Å². The lowest BCUT2D eigenvalue weighted by atomic mass is 10.3. The monoisotopic (exact) mass is 257 g/mol. The molecule has 94 valence electrons. The summed E-state index contributed by atoms with van der Waals surface area (Å²) in [5.41, 5.74) is 0. The van der Waals surface area contributed by atoms with E-state index in [0.29, 0.717) is 31.0 Å². The molecule has 0 unspecified atom stereocenters. The number of ether oxygens (including phenoxy) is 1. The first-order valence-electron chi connectivity index (χ1n) is 5.48. The average molecular weight is 258 g/mol. The molecular weight excluding hydrogens is 242 g/mol. The lowest BCUT2D eigenvalue weighted by molar-refractivity contribution is -0.121. The normalized spacial score (nSPS) is 10.0. The Labute approximate surface area is 106 Å². The van der Waals surface area contributed by atoms with Crippen molar-refractivity contribution in [2.24, 2.45) is 0 Å². The molecule has 2 N–H and O–H groups in total. The van der Waals surface area contributed by atoms with Crippen molar-refractivity contribution >= 4 is 17.5 Å². The highest BCUT2D eigenvalue weighted by Gasteiger charge is 2.00. The Balaban J connectivity index is 2.11. The molecule has 0 saturated carbocycles. The number of rotatable bonds is 7. The molecule has 0 heterocycles. The Hall–Kier alpha value is -1.26. The molecule has 0 atom stereocenters. The number of carbonyl (C=O) groups excluding carboxylic acids is 1. The summed E-state index contributed by atoms with van der Waals surface area (Å²) in [7, 11) is 0. The fourth-order valence-corrected chi connectivity index (χ4v) is 1.36. The van der Waals surface area contributed by atoms with Crippen molar-refractivity contribution in [1.82, 2.24) is 5.32 Å². The van der Waals surface area contributed by atoms with Crippen molar-refractivity contribution in [1.29, 1.82) is 0 Å². The third-order valence-electron chi connectivity index (χ3n) is 2.06. The van der Waals surface area contributed by atoms with Crippen LogP contribution in [0.4, 0.5) is 0 Å². The van der Waals surface area contributed by atoms with E-state index >= 15 is 0 Å². The molecule has 0 bridgehead atoms. The van der Waals surface area contributed by atoms with Crippen LogP contribution in [0, 0.1) is 0 Å². The van der Waals surface area contributed by atoms with Crippen molar-refractivity contribution in [3.8, 4) is 5.75 Å². The highest BCUT2D eigenvalue weighted by molar-refractivity contribution is 6.30. The van der Waals surface area contributed by atoms with Gasteiger partial charge in [0.05, 0.1) is 13.2 Å². The van der Waals surface area contributed by atoms with Gasteiger partial charge in [0, 0.05) is 18.0 Å². The molecule has 0 aliphatic heterocycles. The van der Waals surface area contributed by atoms with E-state index < -0.39 is 0 Å². The zero-order chi connectivity index (χ0) is 12.5. The number of aliphatic hydroxyl groups is 1. The number of hydrogen-bond acceptors (Lipinski definition) is 3. The SMILES string of the molecule is O=C(CCCOc1ccc(Cl)cc1)NCCO.